The second kappa shape index (κ2) is 13.2. The standard InChI is InChI=1S/C28H26ClN7O4/c29-26-25(21-7-4-8-23(15-21)36(39)40)35(17-24(37)32-16-20-9-11-22(12-10-20)33-18-30)28(38)27(34-26)31-14-13-19-5-2-1-3-6-19/h1-12,15,18H,13-14,16-17H2,(H2,30,33)(H,31,34)(H,32,37). The topological polar surface area (TPSA) is 158 Å². The Bertz CT molecular complexity index is 1590. The van der Waals surface area contributed by atoms with Gasteiger partial charge in [-0.3, -0.25) is 24.3 Å². The van der Waals surface area contributed by atoms with Crippen LogP contribution in [0.5, 0.6) is 0 Å². The minimum Gasteiger partial charge on any atom is -0.390 e. The van der Waals surface area contributed by atoms with E-state index in [1.165, 1.54) is 29.1 Å². The highest BCUT2D eigenvalue weighted by molar-refractivity contribution is 6.32. The normalized spacial score (nSPS) is 10.9. The Kier molecular flexibility index (Phi) is 9.21. The van der Waals surface area contributed by atoms with E-state index in [9.17, 15) is 19.7 Å². The molecule has 1 heterocycles. The Morgan fingerprint density at radius 2 is 1.82 bits per heavy atom. The summed E-state index contributed by atoms with van der Waals surface area (Å²) in [5, 5.41) is 17.1. The number of hydrogen-bond acceptors (Lipinski definition) is 7. The SMILES string of the molecule is NC=Nc1ccc(CNC(=O)Cn2c(-c3cccc([N+](=O)[O-])c3)c(Cl)nc(NCCc3ccccc3)c2=O)cc1. The first-order chi connectivity index (χ1) is 19.4. The summed E-state index contributed by atoms with van der Waals surface area (Å²) in [6.45, 7) is 0.213. The number of hydrogen-bond donors (Lipinski definition) is 3. The molecule has 0 aliphatic rings. The molecule has 0 fully saturated rings. The number of nitro groups is 1. The second-order valence-corrected chi connectivity index (χ2v) is 9.04. The van der Waals surface area contributed by atoms with E-state index in [0.717, 1.165) is 11.1 Å². The number of carbonyl (C=O) groups excluding carboxylic acids is 1. The van der Waals surface area contributed by atoms with Crippen LogP contribution in [-0.2, 0) is 24.3 Å². The summed E-state index contributed by atoms with van der Waals surface area (Å²) < 4.78 is 1.17. The number of nitrogens with zero attached hydrogens (tertiary/aromatic N) is 4. The van der Waals surface area contributed by atoms with Crippen LogP contribution in [0.15, 0.2) is 88.6 Å². The average molecular weight is 560 g/mol. The van der Waals surface area contributed by atoms with Crippen molar-refractivity contribution in [1.29, 1.82) is 0 Å². The van der Waals surface area contributed by atoms with Crippen molar-refractivity contribution in [3.05, 3.63) is 116 Å². The van der Waals surface area contributed by atoms with Crippen LogP contribution in [0.4, 0.5) is 17.2 Å². The molecular weight excluding hydrogens is 534 g/mol. The number of aliphatic imine (C=N–C) groups is 1. The molecule has 0 saturated carbocycles. The van der Waals surface area contributed by atoms with E-state index in [0.29, 0.717) is 18.7 Å². The van der Waals surface area contributed by atoms with Gasteiger partial charge in [-0.2, -0.15) is 0 Å². The maximum absolute atomic E-state index is 13.5. The predicted octanol–water partition coefficient (Wildman–Crippen LogP) is 4.06. The van der Waals surface area contributed by atoms with Crippen molar-refractivity contribution in [3.63, 3.8) is 0 Å². The first-order valence-corrected chi connectivity index (χ1v) is 12.7. The number of amides is 1. The van der Waals surface area contributed by atoms with Crippen molar-refractivity contribution in [2.24, 2.45) is 10.7 Å². The lowest BCUT2D eigenvalue weighted by Gasteiger charge is -2.17. The molecule has 0 spiro atoms. The summed E-state index contributed by atoms with van der Waals surface area (Å²) in [6, 6.07) is 22.4. The van der Waals surface area contributed by atoms with E-state index in [4.69, 9.17) is 17.3 Å². The molecule has 0 bridgehead atoms. The second-order valence-electron chi connectivity index (χ2n) is 8.68. The van der Waals surface area contributed by atoms with Crippen LogP contribution in [-0.4, -0.2) is 33.3 Å². The highest BCUT2D eigenvalue weighted by Crippen LogP contribution is 2.29. The van der Waals surface area contributed by atoms with Gasteiger partial charge in [0.1, 0.15) is 6.54 Å². The molecule has 11 nitrogen and oxygen atoms in total. The van der Waals surface area contributed by atoms with Gasteiger partial charge in [0, 0.05) is 30.8 Å². The quantitative estimate of drug-likeness (QED) is 0.108. The molecule has 4 N–H and O–H groups in total. The Labute approximate surface area is 234 Å². The van der Waals surface area contributed by atoms with E-state index >= 15 is 0 Å². The highest BCUT2D eigenvalue weighted by atomic mass is 35.5. The van der Waals surface area contributed by atoms with Crippen LogP contribution >= 0.6 is 11.6 Å². The van der Waals surface area contributed by atoms with Crippen LogP contribution in [0.2, 0.25) is 5.15 Å². The van der Waals surface area contributed by atoms with Crippen molar-refractivity contribution in [1.82, 2.24) is 14.9 Å². The zero-order valence-corrected chi connectivity index (χ0v) is 22.0. The lowest BCUT2D eigenvalue weighted by atomic mass is 10.1. The fraction of sp³-hybridized carbons (Fsp3) is 0.143. The number of nitrogens with two attached hydrogens (primary N) is 1. The summed E-state index contributed by atoms with van der Waals surface area (Å²) in [5.74, 6) is -0.491. The molecule has 1 amide bonds. The first kappa shape index (κ1) is 28.0. The number of aromatic nitrogens is 2. The van der Waals surface area contributed by atoms with Gasteiger partial charge < -0.3 is 16.4 Å². The summed E-state index contributed by atoms with van der Waals surface area (Å²) in [5.41, 5.74) is 7.46. The number of halogens is 1. The van der Waals surface area contributed by atoms with E-state index in [2.05, 4.69) is 20.6 Å². The fourth-order valence-electron chi connectivity index (χ4n) is 4.00. The van der Waals surface area contributed by atoms with Crippen molar-refractivity contribution in [2.45, 2.75) is 19.5 Å². The van der Waals surface area contributed by atoms with Gasteiger partial charge in [0.2, 0.25) is 5.91 Å². The molecule has 0 aliphatic heterocycles. The monoisotopic (exact) mass is 559 g/mol. The molecule has 3 aromatic carbocycles. The molecule has 0 saturated heterocycles. The number of anilines is 1. The average Bonchev–Trinajstić information content (AvgIpc) is 2.96. The summed E-state index contributed by atoms with van der Waals surface area (Å²) in [7, 11) is 0. The largest absolute Gasteiger partial charge is 0.390 e. The summed E-state index contributed by atoms with van der Waals surface area (Å²) in [6.07, 6.45) is 1.82. The Balaban J connectivity index is 1.61. The molecule has 12 heteroatoms. The Morgan fingerprint density at radius 1 is 1.07 bits per heavy atom. The lowest BCUT2D eigenvalue weighted by Crippen LogP contribution is -2.34. The number of rotatable bonds is 11. The molecule has 1 aromatic heterocycles. The molecule has 0 unspecified atom stereocenters. The van der Waals surface area contributed by atoms with Gasteiger partial charge in [-0.05, 0) is 29.7 Å². The number of carbonyl (C=O) groups is 1. The third-order valence-corrected chi connectivity index (χ3v) is 6.22. The van der Waals surface area contributed by atoms with Crippen LogP contribution in [0.3, 0.4) is 0 Å². The predicted molar refractivity (Wildman–Crippen MR) is 155 cm³/mol. The number of non-ortho nitro benzene ring substituents is 1. The zero-order chi connectivity index (χ0) is 28.5. The van der Waals surface area contributed by atoms with Gasteiger partial charge in [-0.25, -0.2) is 9.98 Å². The van der Waals surface area contributed by atoms with Gasteiger partial charge in [0.25, 0.3) is 11.2 Å². The molecule has 204 valence electrons. The molecular formula is C28H26ClN7O4. The first-order valence-electron chi connectivity index (χ1n) is 12.3. The van der Waals surface area contributed by atoms with Gasteiger partial charge in [-0.1, -0.05) is 66.2 Å². The molecule has 0 atom stereocenters. The van der Waals surface area contributed by atoms with Crippen LogP contribution in [0.1, 0.15) is 11.1 Å². The molecule has 40 heavy (non-hydrogen) atoms. The van der Waals surface area contributed by atoms with Crippen molar-refractivity contribution in [3.8, 4) is 11.3 Å². The lowest BCUT2D eigenvalue weighted by molar-refractivity contribution is -0.384. The van der Waals surface area contributed by atoms with E-state index < -0.39 is 16.4 Å². The number of nitro benzene ring substituents is 1. The van der Waals surface area contributed by atoms with Crippen LogP contribution in [0, 0.1) is 10.1 Å². The van der Waals surface area contributed by atoms with Crippen molar-refractivity contribution < 1.29 is 9.72 Å². The van der Waals surface area contributed by atoms with Crippen LogP contribution in [0.25, 0.3) is 11.3 Å². The van der Waals surface area contributed by atoms with Gasteiger partial charge in [0.15, 0.2) is 11.0 Å². The van der Waals surface area contributed by atoms with E-state index in [-0.39, 0.29) is 41.0 Å². The molecule has 0 radical (unpaired) electrons. The third-order valence-electron chi connectivity index (χ3n) is 5.95. The third kappa shape index (κ3) is 7.08. The van der Waals surface area contributed by atoms with Crippen molar-refractivity contribution in [2.75, 3.05) is 11.9 Å². The van der Waals surface area contributed by atoms with E-state index in [1.54, 1.807) is 30.3 Å². The highest BCUT2D eigenvalue weighted by Gasteiger charge is 2.21. The Morgan fingerprint density at radius 3 is 2.52 bits per heavy atom. The van der Waals surface area contributed by atoms with E-state index in [1.807, 2.05) is 30.3 Å². The maximum Gasteiger partial charge on any atom is 0.294 e. The van der Waals surface area contributed by atoms with Gasteiger partial charge in [0.05, 0.1) is 22.6 Å². The Hall–Kier alpha value is -5.03. The smallest absolute Gasteiger partial charge is 0.294 e. The minimum absolute atomic E-state index is 0.0287. The summed E-state index contributed by atoms with van der Waals surface area (Å²) >= 11 is 6.53. The molecule has 4 aromatic rings. The van der Waals surface area contributed by atoms with Crippen LogP contribution < -0.4 is 21.9 Å². The molecule has 4 rings (SSSR count). The minimum atomic E-state index is -0.585. The van der Waals surface area contributed by atoms with Gasteiger partial charge >= 0.3 is 0 Å². The van der Waals surface area contributed by atoms with Gasteiger partial charge in [-0.15, -0.1) is 0 Å². The van der Waals surface area contributed by atoms with Crippen molar-refractivity contribution >= 4 is 41.0 Å². The maximum atomic E-state index is 13.5. The fourth-order valence-corrected chi connectivity index (χ4v) is 4.30. The molecule has 0 aliphatic carbocycles. The number of nitrogens with one attached hydrogen (secondary N) is 2. The summed E-state index contributed by atoms with van der Waals surface area (Å²) in [4.78, 5) is 45.5. The number of benzene rings is 3. The zero-order valence-electron chi connectivity index (χ0n) is 21.3.